The molecule has 0 radical (unpaired) electrons. The number of ether oxygens (including phenoxy) is 1. The number of aromatic nitrogens is 2. The molecule has 2 rings (SSSR count). The number of nitrogens with one attached hydrogen (secondary N) is 2. The van der Waals surface area contributed by atoms with Gasteiger partial charge in [0.05, 0.1) is 10.9 Å². The summed E-state index contributed by atoms with van der Waals surface area (Å²) < 4.78 is 6.04. The van der Waals surface area contributed by atoms with Crippen molar-refractivity contribution in [2.24, 2.45) is 0 Å². The predicted molar refractivity (Wildman–Crippen MR) is 73.7 cm³/mol. The molecular weight excluding hydrogens is 298 g/mol. The van der Waals surface area contributed by atoms with E-state index in [4.69, 9.17) is 4.74 Å². The zero-order valence-electron chi connectivity index (χ0n) is 10.4. The summed E-state index contributed by atoms with van der Waals surface area (Å²) in [6.45, 7) is 5.43. The summed E-state index contributed by atoms with van der Waals surface area (Å²) in [5.41, 5.74) is 0.309. The molecule has 0 fully saturated rings. The molecule has 1 heterocycles. The average molecular weight is 312 g/mol. The maximum absolute atomic E-state index is 11.7. The molecule has 0 saturated heterocycles. The lowest BCUT2D eigenvalue weighted by Gasteiger charge is -2.19. The number of aromatic amines is 1. The molecule has 1 aromatic heterocycles. The Morgan fingerprint density at radius 1 is 1.44 bits per heavy atom. The number of rotatable bonds is 1. The van der Waals surface area contributed by atoms with Crippen LogP contribution in [0.3, 0.4) is 0 Å². The first-order chi connectivity index (χ1) is 8.37. The summed E-state index contributed by atoms with van der Waals surface area (Å²) in [7, 11) is 0. The van der Waals surface area contributed by atoms with Crippen molar-refractivity contribution in [3.8, 4) is 0 Å². The average Bonchev–Trinajstić information content (AvgIpc) is 2.59. The number of benzene rings is 1. The van der Waals surface area contributed by atoms with Gasteiger partial charge in [0, 0.05) is 4.47 Å². The van der Waals surface area contributed by atoms with E-state index < -0.39 is 11.7 Å². The zero-order valence-corrected chi connectivity index (χ0v) is 12.0. The lowest BCUT2D eigenvalue weighted by Crippen LogP contribution is -2.27. The molecule has 1 amide bonds. The van der Waals surface area contributed by atoms with Crippen molar-refractivity contribution in [2.75, 3.05) is 5.32 Å². The van der Waals surface area contributed by atoms with Crippen LogP contribution in [0.15, 0.2) is 22.7 Å². The molecule has 0 unspecified atom stereocenters. The molecule has 0 aliphatic rings. The fraction of sp³-hybridized carbons (Fsp3) is 0.333. The molecule has 0 aliphatic heterocycles. The minimum atomic E-state index is -0.534. The van der Waals surface area contributed by atoms with E-state index in [0.717, 1.165) is 15.4 Å². The van der Waals surface area contributed by atoms with E-state index in [1.54, 1.807) is 0 Å². The summed E-state index contributed by atoms with van der Waals surface area (Å²) in [5.74, 6) is 0.451. The van der Waals surface area contributed by atoms with Gasteiger partial charge in [-0.25, -0.2) is 4.79 Å². The van der Waals surface area contributed by atoms with Gasteiger partial charge < -0.3 is 4.74 Å². The van der Waals surface area contributed by atoms with Gasteiger partial charge in [-0.15, -0.1) is 0 Å². The number of amides is 1. The number of carbonyl (C=O) groups is 1. The number of carbonyl (C=O) groups excluding carboxylic acids is 1. The molecular formula is C12H14BrN3O2. The molecule has 96 valence electrons. The Hall–Kier alpha value is -1.56. The normalized spacial score (nSPS) is 11.6. The third kappa shape index (κ3) is 2.81. The van der Waals surface area contributed by atoms with Crippen molar-refractivity contribution in [3.05, 3.63) is 22.7 Å². The van der Waals surface area contributed by atoms with E-state index in [2.05, 4.69) is 31.4 Å². The van der Waals surface area contributed by atoms with Crippen molar-refractivity contribution in [3.63, 3.8) is 0 Å². The van der Waals surface area contributed by atoms with Gasteiger partial charge in [0.15, 0.2) is 5.82 Å². The second kappa shape index (κ2) is 4.61. The predicted octanol–water partition coefficient (Wildman–Crippen LogP) is 3.67. The van der Waals surface area contributed by atoms with Gasteiger partial charge >= 0.3 is 6.09 Å². The van der Waals surface area contributed by atoms with Crippen LogP contribution in [0.4, 0.5) is 10.6 Å². The first kappa shape index (κ1) is 12.9. The van der Waals surface area contributed by atoms with Gasteiger partial charge in [-0.05, 0) is 48.8 Å². The van der Waals surface area contributed by atoms with Crippen molar-refractivity contribution in [1.29, 1.82) is 0 Å². The number of anilines is 1. The van der Waals surface area contributed by atoms with Crippen LogP contribution in [0.2, 0.25) is 0 Å². The third-order valence-corrected chi connectivity index (χ3v) is 2.82. The fourth-order valence-corrected chi connectivity index (χ4v) is 2.07. The third-order valence-electron chi connectivity index (χ3n) is 2.16. The molecule has 0 aliphatic carbocycles. The highest BCUT2D eigenvalue weighted by atomic mass is 79.9. The van der Waals surface area contributed by atoms with Crippen LogP contribution in [0.25, 0.3) is 10.9 Å². The number of halogens is 1. The molecule has 1 aromatic carbocycles. The first-order valence-electron chi connectivity index (χ1n) is 5.49. The quantitative estimate of drug-likeness (QED) is 0.844. The van der Waals surface area contributed by atoms with Crippen molar-refractivity contribution in [2.45, 2.75) is 26.4 Å². The second-order valence-corrected chi connectivity index (χ2v) is 5.72. The SMILES string of the molecule is CC(C)(C)OC(=O)Nc1n[nH]c2cccc(Br)c12. The van der Waals surface area contributed by atoms with Crippen LogP contribution in [0.5, 0.6) is 0 Å². The smallest absolute Gasteiger partial charge is 0.413 e. The molecule has 0 atom stereocenters. The maximum atomic E-state index is 11.7. The number of H-pyrrole nitrogens is 1. The van der Waals surface area contributed by atoms with Crippen LogP contribution in [0.1, 0.15) is 20.8 Å². The van der Waals surface area contributed by atoms with Gasteiger partial charge in [-0.2, -0.15) is 5.10 Å². The minimum absolute atomic E-state index is 0.451. The number of hydrogen-bond donors (Lipinski definition) is 2. The number of fused-ring (bicyclic) bond motifs is 1. The van der Waals surface area contributed by atoms with E-state index in [1.807, 2.05) is 39.0 Å². The fourth-order valence-electron chi connectivity index (χ4n) is 1.52. The lowest BCUT2D eigenvalue weighted by molar-refractivity contribution is 0.0635. The molecule has 18 heavy (non-hydrogen) atoms. The molecule has 5 nitrogen and oxygen atoms in total. The Kier molecular flexibility index (Phi) is 3.30. The van der Waals surface area contributed by atoms with E-state index >= 15 is 0 Å². The van der Waals surface area contributed by atoms with E-state index in [9.17, 15) is 4.79 Å². The Balaban J connectivity index is 2.25. The van der Waals surface area contributed by atoms with E-state index in [0.29, 0.717) is 5.82 Å². The van der Waals surface area contributed by atoms with E-state index in [1.165, 1.54) is 0 Å². The van der Waals surface area contributed by atoms with Gasteiger partial charge in [-0.1, -0.05) is 6.07 Å². The van der Waals surface area contributed by atoms with Crippen LogP contribution in [0, 0.1) is 0 Å². The van der Waals surface area contributed by atoms with Gasteiger partial charge in [-0.3, -0.25) is 10.4 Å². The second-order valence-electron chi connectivity index (χ2n) is 4.86. The van der Waals surface area contributed by atoms with E-state index in [-0.39, 0.29) is 0 Å². The monoisotopic (exact) mass is 311 g/mol. The number of nitrogens with zero attached hydrogens (tertiary/aromatic N) is 1. The lowest BCUT2D eigenvalue weighted by atomic mass is 10.2. The van der Waals surface area contributed by atoms with Crippen molar-refractivity contribution >= 4 is 38.7 Å². The molecule has 2 N–H and O–H groups in total. The summed E-state index contributed by atoms with van der Waals surface area (Å²) in [6, 6.07) is 5.66. The Bertz CT molecular complexity index is 587. The highest BCUT2D eigenvalue weighted by Crippen LogP contribution is 2.28. The largest absolute Gasteiger partial charge is 0.444 e. The summed E-state index contributed by atoms with van der Waals surface area (Å²) in [4.78, 5) is 11.7. The highest BCUT2D eigenvalue weighted by Gasteiger charge is 2.18. The van der Waals surface area contributed by atoms with Crippen molar-refractivity contribution in [1.82, 2.24) is 10.2 Å². The molecule has 0 saturated carbocycles. The van der Waals surface area contributed by atoms with Crippen LogP contribution in [-0.2, 0) is 4.74 Å². The van der Waals surface area contributed by atoms with Gasteiger partial charge in [0.1, 0.15) is 5.60 Å². The van der Waals surface area contributed by atoms with Crippen LogP contribution in [-0.4, -0.2) is 21.9 Å². The van der Waals surface area contributed by atoms with Crippen LogP contribution >= 0.6 is 15.9 Å². The summed E-state index contributed by atoms with van der Waals surface area (Å²) >= 11 is 3.43. The van der Waals surface area contributed by atoms with Crippen LogP contribution < -0.4 is 5.32 Å². The zero-order chi connectivity index (χ0) is 13.3. The standard InChI is InChI=1S/C12H14BrN3O2/c1-12(2,3)18-11(17)14-10-9-7(13)5-4-6-8(9)15-16-10/h4-6H,1-3H3,(H2,14,15,16,17). The topological polar surface area (TPSA) is 67.0 Å². The number of hydrogen-bond acceptors (Lipinski definition) is 3. The van der Waals surface area contributed by atoms with Gasteiger partial charge in [0.2, 0.25) is 0 Å². The highest BCUT2D eigenvalue weighted by molar-refractivity contribution is 9.10. The summed E-state index contributed by atoms with van der Waals surface area (Å²) in [5, 5.41) is 10.4. The molecule has 0 spiro atoms. The Morgan fingerprint density at radius 3 is 2.83 bits per heavy atom. The molecule has 6 heteroatoms. The first-order valence-corrected chi connectivity index (χ1v) is 6.29. The van der Waals surface area contributed by atoms with Crippen molar-refractivity contribution < 1.29 is 9.53 Å². The van der Waals surface area contributed by atoms with Gasteiger partial charge in [0.25, 0.3) is 0 Å². The Morgan fingerprint density at radius 2 is 2.17 bits per heavy atom. The maximum Gasteiger partial charge on any atom is 0.413 e. The molecule has 0 bridgehead atoms. The summed E-state index contributed by atoms with van der Waals surface area (Å²) in [6.07, 6.45) is -0.522. The Labute approximate surface area is 113 Å². The molecule has 2 aromatic rings. The minimum Gasteiger partial charge on any atom is -0.444 e.